The molecule has 1 aromatic rings. The normalized spacial score (nSPS) is 25.0. The van der Waals surface area contributed by atoms with E-state index in [1.807, 2.05) is 6.07 Å². The van der Waals surface area contributed by atoms with Crippen molar-refractivity contribution in [1.82, 2.24) is 0 Å². The first kappa shape index (κ1) is 10.2. The van der Waals surface area contributed by atoms with Crippen LogP contribution in [-0.2, 0) is 11.2 Å². The molecule has 0 spiro atoms. The van der Waals surface area contributed by atoms with Crippen molar-refractivity contribution in [2.24, 2.45) is 0 Å². The van der Waals surface area contributed by atoms with Gasteiger partial charge in [-0.2, -0.15) is 5.26 Å². The summed E-state index contributed by atoms with van der Waals surface area (Å²) in [6.45, 7) is 0. The molecule has 2 heteroatoms. The third-order valence-corrected chi connectivity index (χ3v) is 2.82. The van der Waals surface area contributed by atoms with Crippen LogP contribution in [0.15, 0.2) is 30.3 Å². The van der Waals surface area contributed by atoms with E-state index < -0.39 is 0 Å². The lowest BCUT2D eigenvalue weighted by Crippen LogP contribution is -2.12. The van der Waals surface area contributed by atoms with E-state index in [1.165, 1.54) is 5.56 Å². The minimum atomic E-state index is 0.170. The lowest BCUT2D eigenvalue weighted by atomic mass is 10.1. The lowest BCUT2D eigenvalue weighted by molar-refractivity contribution is 0.0485. The van der Waals surface area contributed by atoms with Gasteiger partial charge >= 0.3 is 0 Å². The molecule has 1 aromatic carbocycles. The van der Waals surface area contributed by atoms with Crippen LogP contribution in [0.1, 0.15) is 24.8 Å². The molecule has 2 nitrogen and oxygen atoms in total. The maximum atomic E-state index is 8.57. The summed E-state index contributed by atoms with van der Waals surface area (Å²) in [4.78, 5) is 0. The van der Waals surface area contributed by atoms with E-state index in [-0.39, 0.29) is 6.10 Å². The molecular weight excluding hydrogens is 186 g/mol. The summed E-state index contributed by atoms with van der Waals surface area (Å²) in [7, 11) is 0. The summed E-state index contributed by atoms with van der Waals surface area (Å²) >= 11 is 0. The Balaban J connectivity index is 1.85. The maximum Gasteiger partial charge on any atom is 0.0709 e. The topological polar surface area (TPSA) is 33.0 Å². The van der Waals surface area contributed by atoms with Crippen molar-refractivity contribution in [2.45, 2.75) is 37.9 Å². The minimum absolute atomic E-state index is 0.170. The number of nitrogens with zero attached hydrogens (tertiary/aromatic N) is 1. The summed E-state index contributed by atoms with van der Waals surface area (Å²) in [5.74, 6) is 0. The fourth-order valence-electron chi connectivity index (χ4n) is 2.06. The highest BCUT2D eigenvalue weighted by Crippen LogP contribution is 2.24. The standard InChI is InChI=1S/C13H15NO/c14-9-8-12-6-7-13(15-12)10-11-4-2-1-3-5-11/h1-5,12-13H,6-8,10H2. The molecule has 0 aliphatic carbocycles. The third kappa shape index (κ3) is 2.81. The van der Waals surface area contributed by atoms with Gasteiger partial charge in [0.15, 0.2) is 0 Å². The smallest absolute Gasteiger partial charge is 0.0709 e. The lowest BCUT2D eigenvalue weighted by Gasteiger charge is -2.11. The van der Waals surface area contributed by atoms with Gasteiger partial charge < -0.3 is 4.74 Å². The van der Waals surface area contributed by atoms with Crippen LogP contribution in [0.3, 0.4) is 0 Å². The van der Waals surface area contributed by atoms with Crippen LogP contribution >= 0.6 is 0 Å². The predicted octanol–water partition coefficient (Wildman–Crippen LogP) is 2.69. The zero-order chi connectivity index (χ0) is 10.5. The molecule has 0 bridgehead atoms. The quantitative estimate of drug-likeness (QED) is 0.753. The Morgan fingerprint density at radius 1 is 1.20 bits per heavy atom. The van der Waals surface area contributed by atoms with Crippen LogP contribution in [-0.4, -0.2) is 12.2 Å². The van der Waals surface area contributed by atoms with Crippen molar-refractivity contribution < 1.29 is 4.74 Å². The maximum absolute atomic E-state index is 8.57. The molecule has 0 aromatic heterocycles. The molecule has 0 N–H and O–H groups in total. The van der Waals surface area contributed by atoms with Crippen molar-refractivity contribution in [1.29, 1.82) is 5.26 Å². The van der Waals surface area contributed by atoms with Gasteiger partial charge in [0.25, 0.3) is 0 Å². The molecule has 78 valence electrons. The van der Waals surface area contributed by atoms with E-state index in [1.54, 1.807) is 0 Å². The number of hydrogen-bond acceptors (Lipinski definition) is 2. The molecule has 1 aliphatic heterocycles. The van der Waals surface area contributed by atoms with Crippen LogP contribution < -0.4 is 0 Å². The first-order valence-electron chi connectivity index (χ1n) is 5.45. The zero-order valence-corrected chi connectivity index (χ0v) is 8.73. The number of rotatable bonds is 3. The molecule has 0 saturated carbocycles. The summed E-state index contributed by atoms with van der Waals surface area (Å²) < 4.78 is 5.78. The van der Waals surface area contributed by atoms with Crippen molar-refractivity contribution in [2.75, 3.05) is 0 Å². The van der Waals surface area contributed by atoms with Crippen molar-refractivity contribution in [3.63, 3.8) is 0 Å². The van der Waals surface area contributed by atoms with Crippen LogP contribution in [0, 0.1) is 11.3 Å². The van der Waals surface area contributed by atoms with Gasteiger partial charge in [-0.05, 0) is 24.8 Å². The summed E-state index contributed by atoms with van der Waals surface area (Å²) in [6.07, 6.45) is 4.11. The van der Waals surface area contributed by atoms with Gasteiger partial charge in [0.1, 0.15) is 0 Å². The zero-order valence-electron chi connectivity index (χ0n) is 8.73. The van der Waals surface area contributed by atoms with Crippen LogP contribution in [0.5, 0.6) is 0 Å². The number of nitriles is 1. The fraction of sp³-hybridized carbons (Fsp3) is 0.462. The van der Waals surface area contributed by atoms with Crippen molar-refractivity contribution in [3.05, 3.63) is 35.9 Å². The van der Waals surface area contributed by atoms with Crippen LogP contribution in [0.4, 0.5) is 0 Å². The summed E-state index contributed by atoms with van der Waals surface area (Å²) in [5.41, 5.74) is 1.32. The van der Waals surface area contributed by atoms with Crippen LogP contribution in [0.2, 0.25) is 0 Å². The second-order valence-electron chi connectivity index (χ2n) is 4.01. The molecular formula is C13H15NO. The van der Waals surface area contributed by atoms with E-state index in [0.717, 1.165) is 19.3 Å². The molecule has 2 atom stereocenters. The first-order chi connectivity index (χ1) is 7.38. The number of benzene rings is 1. The van der Waals surface area contributed by atoms with Gasteiger partial charge in [0, 0.05) is 0 Å². The Bertz CT molecular complexity index is 341. The highest BCUT2D eigenvalue weighted by Gasteiger charge is 2.24. The Labute approximate surface area is 90.5 Å². The Kier molecular flexibility index (Phi) is 3.37. The Morgan fingerprint density at radius 3 is 2.67 bits per heavy atom. The molecule has 1 aliphatic rings. The molecule has 1 heterocycles. The van der Waals surface area contributed by atoms with E-state index in [9.17, 15) is 0 Å². The largest absolute Gasteiger partial charge is 0.374 e. The average Bonchev–Trinajstić information content (AvgIpc) is 2.68. The first-order valence-corrected chi connectivity index (χ1v) is 5.45. The molecule has 2 unspecified atom stereocenters. The third-order valence-electron chi connectivity index (χ3n) is 2.82. The summed E-state index contributed by atoms with van der Waals surface area (Å²) in [6, 6.07) is 12.6. The van der Waals surface area contributed by atoms with Gasteiger partial charge in [0.05, 0.1) is 24.7 Å². The molecule has 15 heavy (non-hydrogen) atoms. The average molecular weight is 201 g/mol. The van der Waals surface area contributed by atoms with Gasteiger partial charge in [-0.25, -0.2) is 0 Å². The number of hydrogen-bond donors (Lipinski definition) is 0. The van der Waals surface area contributed by atoms with E-state index >= 15 is 0 Å². The van der Waals surface area contributed by atoms with Crippen molar-refractivity contribution in [3.8, 4) is 6.07 Å². The van der Waals surface area contributed by atoms with E-state index in [4.69, 9.17) is 10.00 Å². The van der Waals surface area contributed by atoms with Crippen LogP contribution in [0.25, 0.3) is 0 Å². The minimum Gasteiger partial charge on any atom is -0.374 e. The fourth-order valence-corrected chi connectivity index (χ4v) is 2.06. The summed E-state index contributed by atoms with van der Waals surface area (Å²) in [5, 5.41) is 8.57. The second-order valence-corrected chi connectivity index (χ2v) is 4.01. The van der Waals surface area contributed by atoms with Crippen molar-refractivity contribution >= 4 is 0 Å². The molecule has 0 amide bonds. The second kappa shape index (κ2) is 4.95. The van der Waals surface area contributed by atoms with Gasteiger partial charge in [-0.15, -0.1) is 0 Å². The monoisotopic (exact) mass is 201 g/mol. The Hall–Kier alpha value is -1.33. The van der Waals surface area contributed by atoms with Gasteiger partial charge in [-0.3, -0.25) is 0 Å². The van der Waals surface area contributed by atoms with E-state index in [2.05, 4.69) is 30.3 Å². The molecule has 0 radical (unpaired) electrons. The molecule has 1 saturated heterocycles. The van der Waals surface area contributed by atoms with Gasteiger partial charge in [-0.1, -0.05) is 30.3 Å². The van der Waals surface area contributed by atoms with E-state index in [0.29, 0.717) is 12.5 Å². The Morgan fingerprint density at radius 2 is 1.93 bits per heavy atom. The predicted molar refractivity (Wildman–Crippen MR) is 58.3 cm³/mol. The SMILES string of the molecule is N#CCC1CCC(Cc2ccccc2)O1. The van der Waals surface area contributed by atoms with Gasteiger partial charge in [0.2, 0.25) is 0 Å². The number of ether oxygens (including phenoxy) is 1. The highest BCUT2D eigenvalue weighted by molar-refractivity contribution is 5.15. The highest BCUT2D eigenvalue weighted by atomic mass is 16.5. The molecule has 1 fully saturated rings. The molecule has 2 rings (SSSR count).